The Balaban J connectivity index is 0.797. The van der Waals surface area contributed by atoms with Crippen LogP contribution in [0, 0.1) is 18.6 Å². The van der Waals surface area contributed by atoms with Crippen LogP contribution in [0.3, 0.4) is 0 Å². The van der Waals surface area contributed by atoms with Crippen LogP contribution in [0.4, 0.5) is 37.6 Å². The Morgan fingerprint density at radius 3 is 2.23 bits per heavy atom. The van der Waals surface area contributed by atoms with E-state index in [0.717, 1.165) is 99.0 Å². The fourth-order valence-corrected chi connectivity index (χ4v) is 12.2. The Morgan fingerprint density at radius 2 is 1.58 bits per heavy atom. The van der Waals surface area contributed by atoms with Crippen molar-refractivity contribution in [1.82, 2.24) is 30.1 Å². The predicted octanol–water partition coefficient (Wildman–Crippen LogP) is 8.73. The van der Waals surface area contributed by atoms with Crippen LogP contribution in [-0.4, -0.2) is 108 Å². The third-order valence-corrected chi connectivity index (χ3v) is 16.1. The van der Waals surface area contributed by atoms with Gasteiger partial charge in [0.1, 0.15) is 30.3 Å². The Hall–Kier alpha value is -5.02. The zero-order valence-electron chi connectivity index (χ0n) is 38.1. The summed E-state index contributed by atoms with van der Waals surface area (Å²) in [7, 11) is -1.06. The Morgan fingerprint density at radius 1 is 0.879 bits per heavy atom. The summed E-state index contributed by atoms with van der Waals surface area (Å²) in [5.74, 6) is -1.76. The van der Waals surface area contributed by atoms with E-state index in [0.29, 0.717) is 45.3 Å². The molecular formula is C49H57BrF2N9O4P. The number of pyridine rings is 1. The number of fused-ring (bicyclic) bond motifs is 1. The van der Waals surface area contributed by atoms with Crippen molar-refractivity contribution in [3.8, 4) is 5.75 Å². The van der Waals surface area contributed by atoms with Gasteiger partial charge in [0, 0.05) is 97.7 Å². The number of amides is 2. The van der Waals surface area contributed by atoms with Crippen molar-refractivity contribution in [3.05, 3.63) is 93.2 Å². The number of hydrogen-bond donors (Lipinski definition) is 3. The quantitative estimate of drug-likeness (QED) is 0.0813. The minimum Gasteiger partial charge on any atom is -0.494 e. The second kappa shape index (κ2) is 18.9. The molecule has 2 aromatic heterocycles. The molecule has 1 aliphatic carbocycles. The number of imide groups is 1. The number of aromatic nitrogens is 3. The summed E-state index contributed by atoms with van der Waals surface area (Å²) in [6.07, 6.45) is 6.54. The first-order chi connectivity index (χ1) is 31.7. The molecule has 5 aromatic rings. The molecule has 1 atom stereocenters. The average molecular weight is 985 g/mol. The van der Waals surface area contributed by atoms with Crippen LogP contribution in [-0.2, 0) is 20.6 Å². The van der Waals surface area contributed by atoms with Crippen molar-refractivity contribution in [2.45, 2.75) is 82.7 Å². The van der Waals surface area contributed by atoms with Crippen molar-refractivity contribution >= 4 is 79.9 Å². The lowest BCUT2D eigenvalue weighted by Gasteiger charge is -2.49. The molecule has 3 N–H and O–H groups in total. The molecular weight excluding hydrogens is 927 g/mol. The SMILES string of the molecule is CCc1cc(Nc2ncc(Br)c(Nc3ccc4nc(C)ccc4c3P(C)(C)=O)n2)c(OC)cc1N1CCC(N2CCN([C@H]3C[C@H](c4cc(F)c(C5CCC(=O)NC5=O)c(F)c4)C3)CC2)CC1. The van der Waals surface area contributed by atoms with Crippen molar-refractivity contribution in [2.75, 3.05) is 75.2 Å². The number of methoxy groups -OCH3 is 1. The van der Waals surface area contributed by atoms with Gasteiger partial charge in [0.25, 0.3) is 0 Å². The summed E-state index contributed by atoms with van der Waals surface area (Å²) < 4.78 is 50.7. The molecule has 0 bridgehead atoms. The van der Waals surface area contributed by atoms with Crippen molar-refractivity contribution in [3.63, 3.8) is 0 Å². The molecule has 5 heterocycles. The maximum absolute atomic E-state index is 15.2. The summed E-state index contributed by atoms with van der Waals surface area (Å²) in [4.78, 5) is 45.6. The summed E-state index contributed by atoms with van der Waals surface area (Å²) >= 11 is 3.62. The number of nitrogens with one attached hydrogen (secondary N) is 3. The zero-order chi connectivity index (χ0) is 46.4. The number of carbonyl (C=O) groups is 2. The van der Waals surface area contributed by atoms with Gasteiger partial charge in [0.2, 0.25) is 17.8 Å². The molecule has 348 valence electrons. The van der Waals surface area contributed by atoms with E-state index < -0.39 is 36.5 Å². The van der Waals surface area contributed by atoms with Crippen LogP contribution in [0.2, 0.25) is 0 Å². The highest BCUT2D eigenvalue weighted by molar-refractivity contribution is 9.10. The molecule has 3 aliphatic heterocycles. The lowest BCUT2D eigenvalue weighted by atomic mass is 9.74. The van der Waals surface area contributed by atoms with Gasteiger partial charge in [-0.25, -0.2) is 13.8 Å². The van der Waals surface area contributed by atoms with Crippen LogP contribution in [0.25, 0.3) is 10.9 Å². The van der Waals surface area contributed by atoms with E-state index in [4.69, 9.17) is 9.72 Å². The molecule has 1 unspecified atom stereocenters. The molecule has 17 heteroatoms. The maximum Gasteiger partial charge on any atom is 0.234 e. The van der Waals surface area contributed by atoms with Gasteiger partial charge in [0.05, 0.1) is 34.4 Å². The van der Waals surface area contributed by atoms with Gasteiger partial charge in [-0.05, 0) is 128 Å². The summed E-state index contributed by atoms with van der Waals surface area (Å²) in [6, 6.07) is 15.7. The van der Waals surface area contributed by atoms with Gasteiger partial charge in [-0.3, -0.25) is 29.7 Å². The monoisotopic (exact) mass is 983 g/mol. The minimum absolute atomic E-state index is 0.0727. The second-order valence-electron chi connectivity index (χ2n) is 18.5. The Bertz CT molecular complexity index is 2710. The summed E-state index contributed by atoms with van der Waals surface area (Å²) in [5.41, 5.74) is 5.93. The second-order valence-corrected chi connectivity index (χ2v) is 22.5. The highest BCUT2D eigenvalue weighted by Crippen LogP contribution is 2.44. The smallest absolute Gasteiger partial charge is 0.234 e. The van der Waals surface area contributed by atoms with E-state index in [1.807, 2.05) is 31.2 Å². The number of carbonyl (C=O) groups excluding carboxylic acids is 2. The van der Waals surface area contributed by atoms with Crippen LogP contribution < -0.4 is 30.9 Å². The number of benzene rings is 3. The van der Waals surface area contributed by atoms with Gasteiger partial charge in [-0.15, -0.1) is 0 Å². The Labute approximate surface area is 393 Å². The molecule has 4 fully saturated rings. The number of ether oxygens (including phenoxy) is 1. The van der Waals surface area contributed by atoms with Gasteiger partial charge in [-0.1, -0.05) is 13.0 Å². The molecule has 3 saturated heterocycles. The predicted molar refractivity (Wildman–Crippen MR) is 260 cm³/mol. The Kier molecular flexibility index (Phi) is 13.2. The summed E-state index contributed by atoms with van der Waals surface area (Å²) in [6.45, 7) is 13.5. The van der Waals surface area contributed by atoms with Gasteiger partial charge >= 0.3 is 0 Å². The number of hydrogen-bond acceptors (Lipinski definition) is 12. The lowest BCUT2D eigenvalue weighted by molar-refractivity contribution is -0.134. The zero-order valence-corrected chi connectivity index (χ0v) is 40.6. The molecule has 1 saturated carbocycles. The summed E-state index contributed by atoms with van der Waals surface area (Å²) in [5, 5.41) is 10.6. The third kappa shape index (κ3) is 9.43. The van der Waals surface area contributed by atoms with Crippen LogP contribution >= 0.6 is 23.1 Å². The first-order valence-corrected chi connectivity index (χ1v) is 26.4. The first-order valence-electron chi connectivity index (χ1n) is 23.0. The highest BCUT2D eigenvalue weighted by atomic mass is 79.9. The molecule has 9 rings (SSSR count). The normalized spacial score (nSPS) is 21.2. The van der Waals surface area contributed by atoms with E-state index in [-0.39, 0.29) is 24.3 Å². The van der Waals surface area contributed by atoms with Crippen molar-refractivity contribution in [2.24, 2.45) is 0 Å². The largest absolute Gasteiger partial charge is 0.494 e. The van der Waals surface area contributed by atoms with Gasteiger partial charge < -0.3 is 24.8 Å². The van der Waals surface area contributed by atoms with Gasteiger partial charge in [0.15, 0.2) is 0 Å². The highest BCUT2D eigenvalue weighted by Gasteiger charge is 2.39. The fraction of sp³-hybridized carbons (Fsp3) is 0.449. The fourth-order valence-electron chi connectivity index (χ4n) is 10.4. The molecule has 2 amide bonds. The van der Waals surface area contributed by atoms with Crippen molar-refractivity contribution in [1.29, 1.82) is 0 Å². The minimum atomic E-state index is -2.74. The third-order valence-electron chi connectivity index (χ3n) is 14.0. The first kappa shape index (κ1) is 46.1. The maximum atomic E-state index is 15.2. The van der Waals surface area contributed by atoms with E-state index in [1.165, 1.54) is 23.4 Å². The standard InChI is InChI=1S/C49H57BrF2N9O4P/c1-6-29-25-41(56-49-53-27-36(50)47(58-49)55-40-11-10-39-34(8-7-28(2)54-39)46(40)66(4,5)64)43(65-3)26-42(29)61-15-13-32(14-16-61)59-17-19-60(20-18-59)33-21-30(22-33)31-23-37(51)45(38(52)24-31)35-9-12-44(62)57-48(35)63/h7-8,10-11,23-27,30,32-33,35H,6,9,12-22H2,1-5H3,(H,57,62,63)(H2,53,55,56,58)/t30-,33-,35?. The molecule has 13 nitrogen and oxygen atoms in total. The van der Waals surface area contributed by atoms with E-state index in [9.17, 15) is 14.2 Å². The number of piperidine rings is 2. The van der Waals surface area contributed by atoms with Crippen LogP contribution in [0.15, 0.2) is 59.2 Å². The topological polar surface area (TPSA) is 145 Å². The molecule has 0 radical (unpaired) electrons. The van der Waals surface area contributed by atoms with Gasteiger partial charge in [-0.2, -0.15) is 4.98 Å². The number of halogens is 3. The van der Waals surface area contributed by atoms with E-state index in [2.05, 4.69) is 75.6 Å². The number of aryl methyl sites for hydroxylation is 2. The van der Waals surface area contributed by atoms with E-state index >= 15 is 8.78 Å². The number of rotatable bonds is 12. The number of piperazine rings is 1. The number of nitrogens with zero attached hydrogens (tertiary/aromatic N) is 6. The van der Waals surface area contributed by atoms with Crippen molar-refractivity contribution < 1.29 is 27.7 Å². The molecule has 0 spiro atoms. The number of anilines is 5. The lowest BCUT2D eigenvalue weighted by Crippen LogP contribution is -2.57. The average Bonchev–Trinajstić information content (AvgIpc) is 3.27. The van der Waals surface area contributed by atoms with Crippen LogP contribution in [0.5, 0.6) is 5.75 Å². The van der Waals surface area contributed by atoms with E-state index in [1.54, 1.807) is 26.6 Å². The molecule has 66 heavy (non-hydrogen) atoms. The van der Waals surface area contributed by atoms with Crippen LogP contribution in [0.1, 0.15) is 79.7 Å². The molecule has 4 aliphatic rings. The molecule has 3 aromatic carbocycles.